The quantitative estimate of drug-likeness (QED) is 0.553. The van der Waals surface area contributed by atoms with E-state index in [0.29, 0.717) is 38.5 Å². The number of nitrogens with zero attached hydrogens (tertiary/aromatic N) is 1. The topological polar surface area (TPSA) is 119 Å². The number of anilines is 2. The molecule has 7 heteroatoms. The Kier molecular flexibility index (Phi) is 4.45. The number of aromatic nitrogens is 2. The molecule has 0 unspecified atom stereocenters. The molecule has 1 saturated heterocycles. The molecule has 0 radical (unpaired) electrons. The van der Waals surface area contributed by atoms with Crippen LogP contribution in [0.1, 0.15) is 24.0 Å². The number of ether oxygens (including phenoxy) is 1. The molecule has 27 heavy (non-hydrogen) atoms. The van der Waals surface area contributed by atoms with Crippen molar-refractivity contribution in [2.24, 2.45) is 5.73 Å². The molecule has 2 heterocycles. The Balaban J connectivity index is 1.47. The number of benzene rings is 2. The Labute approximate surface area is 157 Å². The van der Waals surface area contributed by atoms with E-state index < -0.39 is 5.41 Å². The van der Waals surface area contributed by atoms with Crippen molar-refractivity contribution in [2.75, 3.05) is 24.3 Å². The summed E-state index contributed by atoms with van der Waals surface area (Å²) < 4.78 is 5.41. The highest BCUT2D eigenvalue weighted by Crippen LogP contribution is 2.34. The maximum Gasteiger partial charge on any atom is 0.228 e. The molecule has 3 aromatic rings. The molecule has 6 N–H and O–H groups in total. The van der Waals surface area contributed by atoms with Crippen LogP contribution in [0.3, 0.4) is 0 Å². The summed E-state index contributed by atoms with van der Waals surface area (Å²) in [5.41, 5.74) is 15.6. The van der Waals surface area contributed by atoms with Crippen molar-refractivity contribution in [3.63, 3.8) is 0 Å². The molecule has 1 aliphatic heterocycles. The van der Waals surface area contributed by atoms with Gasteiger partial charge >= 0.3 is 0 Å². The molecule has 0 atom stereocenters. The van der Waals surface area contributed by atoms with Crippen molar-refractivity contribution in [3.05, 3.63) is 53.6 Å². The Hall–Kier alpha value is -3.06. The second-order valence-electron chi connectivity index (χ2n) is 6.96. The van der Waals surface area contributed by atoms with Gasteiger partial charge in [-0.25, -0.2) is 4.98 Å². The summed E-state index contributed by atoms with van der Waals surface area (Å²) >= 11 is 0. The minimum absolute atomic E-state index is 0.274. The number of H-pyrrole nitrogens is 1. The van der Waals surface area contributed by atoms with Crippen LogP contribution >= 0.6 is 0 Å². The lowest BCUT2D eigenvalue weighted by atomic mass is 9.73. The third kappa shape index (κ3) is 3.33. The van der Waals surface area contributed by atoms with Gasteiger partial charge < -0.3 is 26.5 Å². The predicted octanol–water partition coefficient (Wildman–Crippen LogP) is 2.29. The van der Waals surface area contributed by atoms with Crippen LogP contribution in [0.15, 0.2) is 42.5 Å². The number of nitrogen functional groups attached to an aromatic ring is 1. The third-order valence-corrected chi connectivity index (χ3v) is 5.32. The van der Waals surface area contributed by atoms with E-state index in [1.165, 1.54) is 0 Å². The van der Waals surface area contributed by atoms with Crippen molar-refractivity contribution >= 4 is 28.6 Å². The number of nitrogens with two attached hydrogens (primary N) is 2. The summed E-state index contributed by atoms with van der Waals surface area (Å²) in [4.78, 5) is 19.3. The van der Waals surface area contributed by atoms with Crippen molar-refractivity contribution in [1.82, 2.24) is 9.97 Å². The van der Waals surface area contributed by atoms with Crippen LogP contribution in [0.2, 0.25) is 0 Å². The molecule has 4 rings (SSSR count). The highest BCUT2D eigenvalue weighted by atomic mass is 16.5. The van der Waals surface area contributed by atoms with Crippen molar-refractivity contribution in [3.8, 4) is 0 Å². The van der Waals surface area contributed by atoms with Crippen LogP contribution in [0, 0.1) is 0 Å². The smallest absolute Gasteiger partial charge is 0.228 e. The molecule has 1 fully saturated rings. The van der Waals surface area contributed by atoms with Gasteiger partial charge in [0.05, 0.1) is 16.4 Å². The van der Waals surface area contributed by atoms with E-state index >= 15 is 0 Å². The first-order chi connectivity index (χ1) is 13.1. The maximum absolute atomic E-state index is 12.1. The molecule has 1 amide bonds. The second-order valence-corrected chi connectivity index (χ2v) is 6.96. The average molecular weight is 365 g/mol. The first-order valence-corrected chi connectivity index (χ1v) is 9.03. The average Bonchev–Trinajstić information content (AvgIpc) is 3.06. The zero-order valence-corrected chi connectivity index (χ0v) is 15.0. The number of carbonyl (C=O) groups is 1. The molecule has 1 aromatic heterocycles. The fourth-order valence-corrected chi connectivity index (χ4v) is 3.68. The summed E-state index contributed by atoms with van der Waals surface area (Å²) in [5, 5.41) is 3.39. The van der Waals surface area contributed by atoms with Crippen LogP contribution in [0.25, 0.3) is 11.0 Å². The van der Waals surface area contributed by atoms with Gasteiger partial charge in [0.25, 0.3) is 0 Å². The fourth-order valence-electron chi connectivity index (χ4n) is 3.68. The van der Waals surface area contributed by atoms with E-state index in [2.05, 4.69) is 15.3 Å². The summed E-state index contributed by atoms with van der Waals surface area (Å²) in [6.07, 6.45) is 1.26. The van der Waals surface area contributed by atoms with E-state index in [0.717, 1.165) is 27.8 Å². The van der Waals surface area contributed by atoms with Crippen LogP contribution in [-0.2, 0) is 21.5 Å². The lowest BCUT2D eigenvalue weighted by Crippen LogP contribution is -2.45. The van der Waals surface area contributed by atoms with E-state index in [4.69, 9.17) is 16.2 Å². The number of nitrogens with one attached hydrogen (secondary N) is 2. The largest absolute Gasteiger partial charge is 0.381 e. The SMILES string of the molecule is NC(=O)C1(c2ccc(CNc3ccc4nc(N)[nH]c4c3)cc2)CCOCC1. The van der Waals surface area contributed by atoms with Crippen LogP contribution < -0.4 is 16.8 Å². The lowest BCUT2D eigenvalue weighted by molar-refractivity contribution is -0.127. The van der Waals surface area contributed by atoms with Gasteiger partial charge in [0.1, 0.15) is 0 Å². The highest BCUT2D eigenvalue weighted by Gasteiger charge is 2.39. The van der Waals surface area contributed by atoms with Gasteiger partial charge in [0.2, 0.25) is 5.91 Å². The molecule has 1 aliphatic rings. The fraction of sp³-hybridized carbons (Fsp3) is 0.300. The normalized spacial score (nSPS) is 16.3. The van der Waals surface area contributed by atoms with Gasteiger partial charge in [0.15, 0.2) is 5.95 Å². The third-order valence-electron chi connectivity index (χ3n) is 5.32. The summed E-state index contributed by atoms with van der Waals surface area (Å²) in [6, 6.07) is 14.0. The van der Waals surface area contributed by atoms with Gasteiger partial charge in [-0.2, -0.15) is 0 Å². The van der Waals surface area contributed by atoms with Gasteiger partial charge in [-0.1, -0.05) is 24.3 Å². The Morgan fingerprint density at radius 3 is 2.63 bits per heavy atom. The number of carbonyl (C=O) groups excluding carboxylic acids is 1. The number of primary amides is 1. The van der Waals surface area contributed by atoms with Crippen LogP contribution in [-0.4, -0.2) is 29.1 Å². The molecule has 0 bridgehead atoms. The first-order valence-electron chi connectivity index (χ1n) is 9.03. The van der Waals surface area contributed by atoms with Crippen molar-refractivity contribution in [1.29, 1.82) is 0 Å². The standard InChI is InChI=1S/C20H23N5O2/c21-18(26)20(7-9-27-10-8-20)14-3-1-13(2-4-14)12-23-15-5-6-16-17(11-15)25-19(22)24-16/h1-6,11,23H,7-10,12H2,(H2,21,26)(H3,22,24,25). The van der Waals surface area contributed by atoms with E-state index in [1.807, 2.05) is 42.5 Å². The second kappa shape index (κ2) is 6.92. The molecule has 140 valence electrons. The lowest BCUT2D eigenvalue weighted by Gasteiger charge is -2.34. The van der Waals surface area contributed by atoms with Crippen molar-refractivity contribution < 1.29 is 9.53 Å². The molecule has 7 nitrogen and oxygen atoms in total. The number of imidazole rings is 1. The number of fused-ring (bicyclic) bond motifs is 1. The molecular formula is C20H23N5O2. The van der Waals surface area contributed by atoms with Gasteiger partial charge in [-0.05, 0) is 42.2 Å². The van der Waals surface area contributed by atoms with Gasteiger partial charge in [-0.3, -0.25) is 4.79 Å². The summed E-state index contributed by atoms with van der Waals surface area (Å²) in [6.45, 7) is 1.79. The zero-order chi connectivity index (χ0) is 18.9. The maximum atomic E-state index is 12.1. The minimum Gasteiger partial charge on any atom is -0.381 e. The van der Waals surface area contributed by atoms with E-state index in [-0.39, 0.29) is 5.91 Å². The number of amides is 1. The molecule has 2 aromatic carbocycles. The van der Waals surface area contributed by atoms with Gasteiger partial charge in [0, 0.05) is 25.4 Å². The Morgan fingerprint density at radius 2 is 1.93 bits per heavy atom. The van der Waals surface area contributed by atoms with Crippen LogP contribution in [0.5, 0.6) is 0 Å². The zero-order valence-electron chi connectivity index (χ0n) is 15.0. The summed E-state index contributed by atoms with van der Waals surface area (Å²) in [7, 11) is 0. The molecule has 0 saturated carbocycles. The Bertz CT molecular complexity index is 958. The first kappa shape index (κ1) is 17.4. The number of hydrogen-bond donors (Lipinski definition) is 4. The van der Waals surface area contributed by atoms with Crippen molar-refractivity contribution in [2.45, 2.75) is 24.8 Å². The minimum atomic E-state index is -0.615. The number of aromatic amines is 1. The molecular weight excluding hydrogens is 342 g/mol. The van der Waals surface area contributed by atoms with Gasteiger partial charge in [-0.15, -0.1) is 0 Å². The number of hydrogen-bond acceptors (Lipinski definition) is 5. The predicted molar refractivity (Wildman–Crippen MR) is 105 cm³/mol. The summed E-state index contributed by atoms with van der Waals surface area (Å²) in [5.74, 6) is 0.137. The monoisotopic (exact) mass is 365 g/mol. The van der Waals surface area contributed by atoms with Crippen LogP contribution in [0.4, 0.5) is 11.6 Å². The van der Waals surface area contributed by atoms with E-state index in [1.54, 1.807) is 0 Å². The highest BCUT2D eigenvalue weighted by molar-refractivity contribution is 5.87. The molecule has 0 spiro atoms. The Morgan fingerprint density at radius 1 is 1.19 bits per heavy atom. The van der Waals surface area contributed by atoms with E-state index in [9.17, 15) is 4.79 Å². The number of rotatable bonds is 5. The molecule has 0 aliphatic carbocycles.